The van der Waals surface area contributed by atoms with E-state index in [4.69, 9.17) is 5.11 Å². The lowest BCUT2D eigenvalue weighted by molar-refractivity contribution is -0.377. The van der Waals surface area contributed by atoms with E-state index in [1.165, 1.54) is 0 Å². The van der Waals surface area contributed by atoms with Gasteiger partial charge in [-0.15, -0.1) is 0 Å². The van der Waals surface area contributed by atoms with E-state index < -0.39 is 15.9 Å². The van der Waals surface area contributed by atoms with Gasteiger partial charge in [-0.1, -0.05) is 6.07 Å². The lowest BCUT2D eigenvalue weighted by Gasteiger charge is -2.02. The number of rotatable bonds is 3. The zero-order valence-electron chi connectivity index (χ0n) is 7.59. The summed E-state index contributed by atoms with van der Waals surface area (Å²) in [5.41, 5.74) is 0. The molecule has 0 spiro atoms. The van der Waals surface area contributed by atoms with Gasteiger partial charge in [-0.25, -0.2) is 13.4 Å². The SMILES string of the molecule is O=S(=O)([O-])CCCO.c1cc[nH+]cc1. The number of pyridine rings is 1. The average molecular weight is 219 g/mol. The van der Waals surface area contributed by atoms with E-state index in [9.17, 15) is 13.0 Å². The number of hydrogen-bond donors (Lipinski definition) is 1. The predicted octanol–water partition coefficient (Wildman–Crippen LogP) is -0.585. The summed E-state index contributed by atoms with van der Waals surface area (Å²) in [5, 5.41) is 8.03. The van der Waals surface area contributed by atoms with E-state index in [0.29, 0.717) is 0 Å². The van der Waals surface area contributed by atoms with Crippen molar-refractivity contribution in [3.63, 3.8) is 0 Å². The van der Waals surface area contributed by atoms with E-state index in [1.54, 1.807) is 0 Å². The molecule has 0 saturated heterocycles. The number of H-pyrrole nitrogens is 1. The molecule has 0 aliphatic carbocycles. The molecule has 0 bridgehead atoms. The molecule has 0 unspecified atom stereocenters. The highest BCUT2D eigenvalue weighted by Gasteiger charge is 1.91. The van der Waals surface area contributed by atoms with Crippen molar-refractivity contribution in [2.45, 2.75) is 6.42 Å². The molecule has 0 fully saturated rings. The molecule has 0 aliphatic heterocycles. The molecular weight excluding hydrogens is 206 g/mol. The highest BCUT2D eigenvalue weighted by atomic mass is 32.2. The standard InChI is InChI=1S/C5H5N.C3H8O4S/c1-2-4-6-5-3-1;4-2-1-3-8(5,6)7/h1-5H;4H,1-3H2,(H,5,6,7). The van der Waals surface area contributed by atoms with Crippen LogP contribution in [0.25, 0.3) is 0 Å². The minimum Gasteiger partial charge on any atom is -0.748 e. The van der Waals surface area contributed by atoms with Crippen LogP contribution < -0.4 is 4.98 Å². The van der Waals surface area contributed by atoms with Gasteiger partial charge >= 0.3 is 0 Å². The van der Waals surface area contributed by atoms with Gasteiger partial charge < -0.3 is 9.66 Å². The van der Waals surface area contributed by atoms with Crippen molar-refractivity contribution in [2.75, 3.05) is 12.4 Å². The quantitative estimate of drug-likeness (QED) is 0.688. The summed E-state index contributed by atoms with van der Waals surface area (Å²) in [5.74, 6) is -0.469. The highest BCUT2D eigenvalue weighted by molar-refractivity contribution is 7.85. The fourth-order valence-electron chi connectivity index (χ4n) is 0.583. The normalized spacial score (nSPS) is 10.1. The van der Waals surface area contributed by atoms with Crippen LogP contribution >= 0.6 is 0 Å². The zero-order valence-corrected chi connectivity index (χ0v) is 8.40. The van der Waals surface area contributed by atoms with Crippen molar-refractivity contribution in [1.82, 2.24) is 0 Å². The second kappa shape index (κ2) is 7.43. The summed E-state index contributed by atoms with van der Waals surface area (Å²) in [6.07, 6.45) is 3.78. The Bertz CT molecular complexity index is 285. The van der Waals surface area contributed by atoms with Crippen LogP contribution in [-0.2, 0) is 10.1 Å². The molecule has 2 N–H and O–H groups in total. The van der Waals surface area contributed by atoms with Gasteiger partial charge in [0.25, 0.3) is 0 Å². The Labute approximate surface area is 83.2 Å². The number of aliphatic hydroxyl groups is 1. The third-order valence-corrected chi connectivity index (χ3v) is 1.95. The van der Waals surface area contributed by atoms with Crippen LogP contribution in [0.3, 0.4) is 0 Å². The lowest BCUT2D eigenvalue weighted by atomic mass is 10.5. The fourth-order valence-corrected chi connectivity index (χ4v) is 1.07. The van der Waals surface area contributed by atoms with E-state index in [-0.39, 0.29) is 13.0 Å². The fraction of sp³-hybridized carbons (Fsp3) is 0.375. The maximum Gasteiger partial charge on any atom is 0.166 e. The van der Waals surface area contributed by atoms with E-state index in [1.807, 2.05) is 30.6 Å². The molecule has 5 nitrogen and oxygen atoms in total. The third kappa shape index (κ3) is 11.0. The third-order valence-electron chi connectivity index (χ3n) is 1.16. The zero-order chi connectivity index (χ0) is 10.9. The average Bonchev–Trinajstić information content (AvgIpc) is 2.17. The van der Waals surface area contributed by atoms with Gasteiger partial charge in [0.2, 0.25) is 0 Å². The Morgan fingerprint density at radius 3 is 1.93 bits per heavy atom. The van der Waals surface area contributed by atoms with E-state index >= 15 is 0 Å². The summed E-state index contributed by atoms with van der Waals surface area (Å²) in [6, 6.07) is 5.86. The van der Waals surface area contributed by atoms with Crippen molar-refractivity contribution in [3.05, 3.63) is 30.6 Å². The van der Waals surface area contributed by atoms with Crippen LogP contribution in [0, 0.1) is 0 Å². The topological polar surface area (TPSA) is 91.6 Å². The minimum absolute atomic E-state index is 0.0336. The maximum absolute atomic E-state index is 9.72. The first-order valence-electron chi connectivity index (χ1n) is 4.02. The smallest absolute Gasteiger partial charge is 0.166 e. The van der Waals surface area contributed by atoms with E-state index in [0.717, 1.165) is 0 Å². The number of aromatic amines is 1. The van der Waals surface area contributed by atoms with Crippen molar-refractivity contribution < 1.29 is 23.1 Å². The van der Waals surface area contributed by atoms with Crippen molar-refractivity contribution in [1.29, 1.82) is 0 Å². The highest BCUT2D eigenvalue weighted by Crippen LogP contribution is 1.84. The maximum atomic E-state index is 9.72. The molecule has 0 atom stereocenters. The van der Waals surface area contributed by atoms with Gasteiger partial charge in [-0.3, -0.25) is 0 Å². The van der Waals surface area contributed by atoms with Crippen LogP contribution in [0.2, 0.25) is 0 Å². The molecule has 0 radical (unpaired) electrons. The van der Waals surface area contributed by atoms with Gasteiger partial charge in [-0.05, 0) is 6.42 Å². The molecule has 1 heterocycles. The van der Waals surface area contributed by atoms with Gasteiger partial charge in [0.15, 0.2) is 12.4 Å². The first-order chi connectivity index (χ1) is 6.56. The number of nitrogens with one attached hydrogen (secondary N) is 1. The number of aliphatic hydroxyl groups excluding tert-OH is 1. The summed E-state index contributed by atoms with van der Waals surface area (Å²) in [6.45, 7) is -0.249. The predicted molar refractivity (Wildman–Crippen MR) is 49.3 cm³/mol. The van der Waals surface area contributed by atoms with E-state index in [2.05, 4.69) is 4.98 Å². The van der Waals surface area contributed by atoms with Crippen LogP contribution in [0.4, 0.5) is 0 Å². The van der Waals surface area contributed by atoms with Gasteiger partial charge in [-0.2, -0.15) is 0 Å². The number of aromatic nitrogens is 1. The second-order valence-corrected chi connectivity index (χ2v) is 3.94. The Kier molecular flexibility index (Phi) is 6.91. The molecule has 1 aromatic rings. The van der Waals surface area contributed by atoms with Crippen LogP contribution in [0.15, 0.2) is 30.6 Å². The molecule has 0 amide bonds. The molecule has 1 rings (SSSR count). The second-order valence-electron chi connectivity index (χ2n) is 2.42. The lowest BCUT2D eigenvalue weighted by Crippen LogP contribution is -2.05. The molecule has 6 heteroatoms. The summed E-state index contributed by atoms with van der Waals surface area (Å²) in [7, 11) is -4.10. The Morgan fingerprint density at radius 1 is 1.21 bits per heavy atom. The summed E-state index contributed by atoms with van der Waals surface area (Å²) < 4.78 is 29.2. The molecule has 14 heavy (non-hydrogen) atoms. The van der Waals surface area contributed by atoms with Gasteiger partial charge in [0.1, 0.15) is 0 Å². The number of hydrogen-bond acceptors (Lipinski definition) is 4. The Balaban J connectivity index is 0.000000249. The van der Waals surface area contributed by atoms with Gasteiger partial charge in [0, 0.05) is 24.5 Å². The molecule has 0 aliphatic rings. The van der Waals surface area contributed by atoms with Crippen LogP contribution in [0.5, 0.6) is 0 Å². The minimum atomic E-state index is -4.10. The van der Waals surface area contributed by atoms with Gasteiger partial charge in [0.05, 0.1) is 10.1 Å². The largest absolute Gasteiger partial charge is 0.748 e. The Hall–Kier alpha value is -0.980. The summed E-state index contributed by atoms with van der Waals surface area (Å²) in [4.78, 5) is 2.89. The van der Waals surface area contributed by atoms with Crippen LogP contribution in [-0.4, -0.2) is 30.4 Å². The molecule has 1 aromatic heterocycles. The molecule has 0 saturated carbocycles. The summed E-state index contributed by atoms with van der Waals surface area (Å²) >= 11 is 0. The molecule has 0 aromatic carbocycles. The van der Waals surface area contributed by atoms with Crippen molar-refractivity contribution >= 4 is 10.1 Å². The monoisotopic (exact) mass is 219 g/mol. The Morgan fingerprint density at radius 2 is 1.79 bits per heavy atom. The molecular formula is C8H13NO4S. The van der Waals surface area contributed by atoms with Crippen LogP contribution in [0.1, 0.15) is 6.42 Å². The molecule has 80 valence electrons. The van der Waals surface area contributed by atoms with Crippen molar-refractivity contribution in [3.8, 4) is 0 Å². The van der Waals surface area contributed by atoms with Crippen molar-refractivity contribution in [2.24, 2.45) is 0 Å². The first kappa shape index (κ1) is 13.0. The first-order valence-corrected chi connectivity index (χ1v) is 5.59.